The van der Waals surface area contributed by atoms with Crippen LogP contribution in [0.25, 0.3) is 0 Å². The quantitative estimate of drug-likeness (QED) is 0.500. The van der Waals surface area contributed by atoms with Gasteiger partial charge in [-0.3, -0.25) is 4.99 Å². The number of nitrogens with zero attached hydrogens (tertiary/aromatic N) is 1. The number of hydrogen-bond donors (Lipinski definition) is 2. The van der Waals surface area contributed by atoms with Gasteiger partial charge in [-0.15, -0.1) is 0 Å². The lowest BCUT2D eigenvalue weighted by molar-refractivity contribution is 0.354. The third-order valence-corrected chi connectivity index (χ3v) is 4.93. The first-order chi connectivity index (χ1) is 13.9. The Morgan fingerprint density at radius 2 is 1.69 bits per heavy atom. The lowest BCUT2D eigenvalue weighted by atomic mass is 9.84. The van der Waals surface area contributed by atoms with Crippen LogP contribution < -0.4 is 24.8 Å². The van der Waals surface area contributed by atoms with Crippen LogP contribution >= 0.6 is 0 Å². The van der Waals surface area contributed by atoms with E-state index in [9.17, 15) is 0 Å². The van der Waals surface area contributed by atoms with E-state index < -0.39 is 0 Å². The third-order valence-electron chi connectivity index (χ3n) is 4.93. The minimum Gasteiger partial charge on any atom is -0.497 e. The van der Waals surface area contributed by atoms with Crippen molar-refractivity contribution in [2.75, 3.05) is 41.5 Å². The minimum atomic E-state index is -0.0739. The van der Waals surface area contributed by atoms with Crippen molar-refractivity contribution in [3.05, 3.63) is 53.6 Å². The molecule has 6 heteroatoms. The summed E-state index contributed by atoms with van der Waals surface area (Å²) in [5.74, 6) is 3.13. The molecule has 2 N–H and O–H groups in total. The van der Waals surface area contributed by atoms with E-state index in [1.54, 1.807) is 28.4 Å². The number of benzene rings is 2. The molecule has 0 saturated heterocycles. The van der Waals surface area contributed by atoms with Crippen LogP contribution in [0.2, 0.25) is 0 Å². The van der Waals surface area contributed by atoms with Crippen molar-refractivity contribution in [1.82, 2.24) is 10.6 Å². The van der Waals surface area contributed by atoms with Crippen molar-refractivity contribution in [2.24, 2.45) is 4.99 Å². The Hall–Kier alpha value is -2.89. The largest absolute Gasteiger partial charge is 0.497 e. The second-order valence-electron chi connectivity index (χ2n) is 7.41. The fourth-order valence-corrected chi connectivity index (χ4v) is 3.03. The summed E-state index contributed by atoms with van der Waals surface area (Å²) in [7, 11) is 6.76. The summed E-state index contributed by atoms with van der Waals surface area (Å²) in [6.07, 6.45) is 0.848. The Labute approximate surface area is 174 Å². The van der Waals surface area contributed by atoms with Gasteiger partial charge in [-0.1, -0.05) is 32.0 Å². The number of nitrogens with one attached hydrogen (secondary N) is 2. The minimum absolute atomic E-state index is 0.0739. The lowest BCUT2D eigenvalue weighted by Crippen LogP contribution is -2.44. The van der Waals surface area contributed by atoms with Gasteiger partial charge in [-0.05, 0) is 41.8 Å². The summed E-state index contributed by atoms with van der Waals surface area (Å²) < 4.78 is 16.0. The van der Waals surface area contributed by atoms with Crippen LogP contribution in [-0.4, -0.2) is 47.4 Å². The molecule has 0 fully saturated rings. The number of aliphatic imine (C=N–C) groups is 1. The van der Waals surface area contributed by atoms with Gasteiger partial charge >= 0.3 is 0 Å². The molecule has 0 atom stereocenters. The molecule has 158 valence electrons. The Morgan fingerprint density at radius 1 is 0.931 bits per heavy atom. The Morgan fingerprint density at radius 3 is 2.34 bits per heavy atom. The smallest absolute Gasteiger partial charge is 0.191 e. The Balaban J connectivity index is 1.89. The summed E-state index contributed by atoms with van der Waals surface area (Å²) in [4.78, 5) is 4.34. The normalized spacial score (nSPS) is 11.7. The number of hydrogen-bond acceptors (Lipinski definition) is 4. The molecule has 0 amide bonds. The summed E-state index contributed by atoms with van der Waals surface area (Å²) in [6.45, 7) is 5.91. The maximum Gasteiger partial charge on any atom is 0.191 e. The summed E-state index contributed by atoms with van der Waals surface area (Å²) in [5.41, 5.74) is 2.31. The number of ether oxygens (including phenoxy) is 3. The number of guanidine groups is 1. The molecule has 2 rings (SSSR count). The lowest BCUT2D eigenvalue weighted by Gasteiger charge is -2.27. The van der Waals surface area contributed by atoms with Crippen molar-refractivity contribution in [3.63, 3.8) is 0 Å². The van der Waals surface area contributed by atoms with Crippen LogP contribution in [0.5, 0.6) is 17.2 Å². The fourth-order valence-electron chi connectivity index (χ4n) is 3.03. The predicted molar refractivity (Wildman–Crippen MR) is 119 cm³/mol. The van der Waals surface area contributed by atoms with Crippen LogP contribution in [0, 0.1) is 0 Å². The van der Waals surface area contributed by atoms with Crippen molar-refractivity contribution in [3.8, 4) is 17.2 Å². The van der Waals surface area contributed by atoms with E-state index in [2.05, 4.69) is 41.6 Å². The molecular weight excluding hydrogens is 366 g/mol. The van der Waals surface area contributed by atoms with Crippen LogP contribution in [0.3, 0.4) is 0 Å². The Bertz CT molecular complexity index is 819. The summed E-state index contributed by atoms with van der Waals surface area (Å²) >= 11 is 0. The first kappa shape index (κ1) is 22.4. The van der Waals surface area contributed by atoms with E-state index in [-0.39, 0.29) is 5.41 Å². The standard InChI is InChI=1S/C23H33N3O3/c1-23(2,18-8-7-9-19(15-18)27-4)16-26-22(24-3)25-13-12-17-10-11-20(28-5)21(14-17)29-6/h7-11,14-15H,12-13,16H2,1-6H3,(H2,24,25,26). The first-order valence-corrected chi connectivity index (χ1v) is 9.73. The van der Waals surface area contributed by atoms with Crippen LogP contribution in [-0.2, 0) is 11.8 Å². The topological polar surface area (TPSA) is 64.1 Å². The molecule has 0 heterocycles. The van der Waals surface area contributed by atoms with Gasteiger partial charge in [0.1, 0.15) is 5.75 Å². The highest BCUT2D eigenvalue weighted by atomic mass is 16.5. The first-order valence-electron chi connectivity index (χ1n) is 9.73. The molecule has 0 radical (unpaired) electrons. The molecular formula is C23H33N3O3. The Kier molecular flexibility index (Phi) is 8.19. The molecule has 2 aromatic rings. The van der Waals surface area contributed by atoms with Crippen LogP contribution in [0.4, 0.5) is 0 Å². The zero-order valence-corrected chi connectivity index (χ0v) is 18.3. The van der Waals surface area contributed by atoms with E-state index in [0.717, 1.165) is 42.7 Å². The second kappa shape index (κ2) is 10.6. The van der Waals surface area contributed by atoms with E-state index in [1.807, 2.05) is 30.3 Å². The van der Waals surface area contributed by atoms with E-state index in [1.165, 1.54) is 11.1 Å². The maximum atomic E-state index is 5.37. The summed E-state index contributed by atoms with van der Waals surface area (Å²) in [5, 5.41) is 6.80. The maximum absolute atomic E-state index is 5.37. The number of rotatable bonds is 9. The summed E-state index contributed by atoms with van der Waals surface area (Å²) in [6, 6.07) is 14.2. The van der Waals surface area contributed by atoms with Gasteiger partial charge in [-0.2, -0.15) is 0 Å². The molecule has 6 nitrogen and oxygen atoms in total. The van der Waals surface area contributed by atoms with Gasteiger partial charge in [0, 0.05) is 25.6 Å². The van der Waals surface area contributed by atoms with Gasteiger partial charge in [0.15, 0.2) is 17.5 Å². The zero-order chi connectivity index (χ0) is 21.3. The molecule has 0 spiro atoms. The highest BCUT2D eigenvalue weighted by Gasteiger charge is 2.21. The van der Waals surface area contributed by atoms with E-state index in [4.69, 9.17) is 14.2 Å². The monoisotopic (exact) mass is 399 g/mol. The van der Waals surface area contributed by atoms with Gasteiger partial charge < -0.3 is 24.8 Å². The molecule has 0 unspecified atom stereocenters. The number of methoxy groups -OCH3 is 3. The molecule has 0 aliphatic carbocycles. The third kappa shape index (κ3) is 6.31. The molecule has 2 aromatic carbocycles. The van der Waals surface area contributed by atoms with Crippen molar-refractivity contribution in [2.45, 2.75) is 25.7 Å². The second-order valence-corrected chi connectivity index (χ2v) is 7.41. The van der Waals surface area contributed by atoms with Crippen LogP contribution in [0.15, 0.2) is 47.5 Å². The van der Waals surface area contributed by atoms with Crippen molar-refractivity contribution < 1.29 is 14.2 Å². The zero-order valence-electron chi connectivity index (χ0n) is 18.3. The predicted octanol–water partition coefficient (Wildman–Crippen LogP) is 3.40. The molecule has 29 heavy (non-hydrogen) atoms. The van der Waals surface area contributed by atoms with Crippen molar-refractivity contribution in [1.29, 1.82) is 0 Å². The molecule has 0 saturated carbocycles. The SMILES string of the molecule is CN=C(NCCc1ccc(OC)c(OC)c1)NCC(C)(C)c1cccc(OC)c1. The molecule has 0 aliphatic rings. The highest BCUT2D eigenvalue weighted by molar-refractivity contribution is 5.79. The van der Waals surface area contributed by atoms with E-state index >= 15 is 0 Å². The van der Waals surface area contributed by atoms with Gasteiger partial charge in [0.05, 0.1) is 21.3 Å². The fraction of sp³-hybridized carbons (Fsp3) is 0.435. The molecule has 0 bridgehead atoms. The molecule has 0 aliphatic heterocycles. The van der Waals surface area contributed by atoms with E-state index in [0.29, 0.717) is 0 Å². The van der Waals surface area contributed by atoms with Crippen LogP contribution in [0.1, 0.15) is 25.0 Å². The average Bonchev–Trinajstić information content (AvgIpc) is 2.75. The highest BCUT2D eigenvalue weighted by Crippen LogP contribution is 2.28. The van der Waals surface area contributed by atoms with Gasteiger partial charge in [0.25, 0.3) is 0 Å². The van der Waals surface area contributed by atoms with Crippen molar-refractivity contribution >= 4 is 5.96 Å². The average molecular weight is 400 g/mol. The molecule has 0 aromatic heterocycles. The van der Waals surface area contributed by atoms with Gasteiger partial charge in [0.2, 0.25) is 0 Å². The van der Waals surface area contributed by atoms with Gasteiger partial charge in [-0.25, -0.2) is 0 Å².